The van der Waals surface area contributed by atoms with Crippen molar-refractivity contribution in [2.24, 2.45) is 0 Å². The van der Waals surface area contributed by atoms with Crippen molar-refractivity contribution in [2.75, 3.05) is 5.32 Å². The zero-order valence-electron chi connectivity index (χ0n) is 12.6. The lowest BCUT2D eigenvalue weighted by molar-refractivity contribution is 0.101. The molecule has 0 bridgehead atoms. The molecule has 4 heterocycles. The van der Waals surface area contributed by atoms with E-state index >= 15 is 0 Å². The average Bonchev–Trinajstić information content (AvgIpc) is 3.12. The first-order valence-corrected chi connectivity index (χ1v) is 7.06. The first-order valence-electron chi connectivity index (χ1n) is 7.06. The molecule has 0 aromatic carbocycles. The van der Waals surface area contributed by atoms with Crippen LogP contribution in [0.1, 0.15) is 22.0 Å². The Hall–Kier alpha value is -3.29. The van der Waals surface area contributed by atoms with Crippen molar-refractivity contribution < 1.29 is 4.79 Å². The molecule has 0 fully saturated rings. The second-order valence-electron chi connectivity index (χ2n) is 5.26. The summed E-state index contributed by atoms with van der Waals surface area (Å²) in [6.45, 7) is 3.77. The van der Waals surface area contributed by atoms with Gasteiger partial charge in [-0.1, -0.05) is 0 Å². The van der Waals surface area contributed by atoms with Gasteiger partial charge in [0, 0.05) is 29.5 Å². The number of hydrogen-bond acceptors (Lipinski definition) is 5. The quantitative estimate of drug-likeness (QED) is 0.608. The van der Waals surface area contributed by atoms with Crippen LogP contribution in [0.25, 0.3) is 11.3 Å². The summed E-state index contributed by atoms with van der Waals surface area (Å²) in [7, 11) is 0. The van der Waals surface area contributed by atoms with Crippen molar-refractivity contribution in [3.05, 3.63) is 53.9 Å². The molecule has 0 radical (unpaired) electrons. The van der Waals surface area contributed by atoms with Gasteiger partial charge in [-0.2, -0.15) is 10.1 Å². The van der Waals surface area contributed by atoms with E-state index < -0.39 is 0 Å². The van der Waals surface area contributed by atoms with Gasteiger partial charge in [-0.15, -0.1) is 5.10 Å². The SMILES string of the molecule is Cc1cc(C)n2nc(C(=O)Nc3ccn4nccc4c3)nc2n1. The van der Waals surface area contributed by atoms with Gasteiger partial charge in [0.25, 0.3) is 11.7 Å². The molecule has 8 heteroatoms. The molecule has 1 N–H and O–H groups in total. The molecule has 1 amide bonds. The second kappa shape index (κ2) is 4.87. The number of amides is 1. The summed E-state index contributed by atoms with van der Waals surface area (Å²) >= 11 is 0. The zero-order chi connectivity index (χ0) is 16.0. The van der Waals surface area contributed by atoms with E-state index in [1.165, 1.54) is 0 Å². The minimum atomic E-state index is -0.378. The van der Waals surface area contributed by atoms with Gasteiger partial charge < -0.3 is 5.32 Å². The van der Waals surface area contributed by atoms with Crippen LogP contribution < -0.4 is 5.32 Å². The van der Waals surface area contributed by atoms with Crippen LogP contribution in [0.15, 0.2) is 36.7 Å². The molecule has 4 aromatic rings. The fourth-order valence-electron chi connectivity index (χ4n) is 2.45. The van der Waals surface area contributed by atoms with E-state index in [4.69, 9.17) is 0 Å². The summed E-state index contributed by atoms with van der Waals surface area (Å²) in [4.78, 5) is 20.8. The van der Waals surface area contributed by atoms with Crippen LogP contribution >= 0.6 is 0 Å². The monoisotopic (exact) mass is 307 g/mol. The molecule has 0 saturated heterocycles. The van der Waals surface area contributed by atoms with Crippen LogP contribution in [0, 0.1) is 13.8 Å². The van der Waals surface area contributed by atoms with E-state index in [1.807, 2.05) is 32.0 Å². The lowest BCUT2D eigenvalue weighted by atomic mass is 10.3. The summed E-state index contributed by atoms with van der Waals surface area (Å²) < 4.78 is 3.27. The van der Waals surface area contributed by atoms with Crippen molar-refractivity contribution in [1.82, 2.24) is 29.2 Å². The Labute approximate surface area is 130 Å². The maximum Gasteiger partial charge on any atom is 0.295 e. The van der Waals surface area contributed by atoms with Crippen molar-refractivity contribution in [3.63, 3.8) is 0 Å². The number of aromatic nitrogens is 6. The number of rotatable bonds is 2. The number of fused-ring (bicyclic) bond motifs is 2. The van der Waals surface area contributed by atoms with Gasteiger partial charge in [0.2, 0.25) is 5.82 Å². The van der Waals surface area contributed by atoms with E-state index in [-0.39, 0.29) is 11.7 Å². The molecular formula is C15H13N7O. The van der Waals surface area contributed by atoms with Gasteiger partial charge in [0.1, 0.15) is 0 Å². The first-order chi connectivity index (χ1) is 11.1. The summed E-state index contributed by atoms with van der Waals surface area (Å²) in [5.74, 6) is 0.120. The molecule has 4 rings (SSSR count). The van der Waals surface area contributed by atoms with E-state index in [0.717, 1.165) is 16.9 Å². The van der Waals surface area contributed by atoms with E-state index in [0.29, 0.717) is 11.5 Å². The van der Waals surface area contributed by atoms with Gasteiger partial charge in [-0.3, -0.25) is 4.79 Å². The summed E-state index contributed by atoms with van der Waals surface area (Å²) in [6.07, 6.45) is 3.47. The lowest BCUT2D eigenvalue weighted by Gasteiger charge is -2.02. The third-order valence-electron chi connectivity index (χ3n) is 3.48. The van der Waals surface area contributed by atoms with Crippen LogP contribution in [-0.4, -0.2) is 35.1 Å². The van der Waals surface area contributed by atoms with Crippen molar-refractivity contribution in [1.29, 1.82) is 0 Å². The molecule has 0 aliphatic carbocycles. The smallest absolute Gasteiger partial charge is 0.295 e. The van der Waals surface area contributed by atoms with Crippen LogP contribution in [0.3, 0.4) is 0 Å². The first kappa shape index (κ1) is 13.4. The molecule has 0 saturated carbocycles. The van der Waals surface area contributed by atoms with E-state index in [2.05, 4.69) is 25.5 Å². The van der Waals surface area contributed by atoms with Gasteiger partial charge in [-0.25, -0.2) is 14.0 Å². The van der Waals surface area contributed by atoms with Crippen LogP contribution in [0.2, 0.25) is 0 Å². The maximum atomic E-state index is 12.4. The number of hydrogen-bond donors (Lipinski definition) is 1. The zero-order valence-corrected chi connectivity index (χ0v) is 12.6. The molecule has 114 valence electrons. The minimum absolute atomic E-state index is 0.0829. The lowest BCUT2D eigenvalue weighted by Crippen LogP contribution is -2.14. The third kappa shape index (κ3) is 2.30. The highest BCUT2D eigenvalue weighted by Gasteiger charge is 2.15. The fraction of sp³-hybridized carbons (Fsp3) is 0.133. The number of aryl methyl sites for hydroxylation is 2. The number of carbonyl (C=O) groups excluding carboxylic acids is 1. The normalized spacial score (nSPS) is 11.2. The highest BCUT2D eigenvalue weighted by atomic mass is 16.2. The highest BCUT2D eigenvalue weighted by molar-refractivity contribution is 6.02. The largest absolute Gasteiger partial charge is 0.319 e. The summed E-state index contributed by atoms with van der Waals surface area (Å²) in [5, 5.41) is 11.1. The molecule has 8 nitrogen and oxygen atoms in total. The Bertz CT molecular complexity index is 1050. The Kier molecular flexibility index (Phi) is 2.83. The highest BCUT2D eigenvalue weighted by Crippen LogP contribution is 2.13. The van der Waals surface area contributed by atoms with Gasteiger partial charge in [0.15, 0.2) is 0 Å². The Morgan fingerprint density at radius 2 is 2.04 bits per heavy atom. The van der Waals surface area contributed by atoms with Crippen molar-refractivity contribution in [2.45, 2.75) is 13.8 Å². The van der Waals surface area contributed by atoms with Crippen LogP contribution in [0.5, 0.6) is 0 Å². The summed E-state index contributed by atoms with van der Waals surface area (Å²) in [6, 6.07) is 7.33. The predicted octanol–water partition coefficient (Wildman–Crippen LogP) is 1.64. The van der Waals surface area contributed by atoms with E-state index in [9.17, 15) is 4.79 Å². The van der Waals surface area contributed by atoms with Crippen LogP contribution in [-0.2, 0) is 0 Å². The molecular weight excluding hydrogens is 294 g/mol. The molecule has 0 aliphatic heterocycles. The van der Waals surface area contributed by atoms with Gasteiger partial charge in [0.05, 0.1) is 5.52 Å². The Morgan fingerprint density at radius 3 is 2.91 bits per heavy atom. The Balaban J connectivity index is 1.67. The standard InChI is InChI=1S/C15H13N7O/c1-9-7-10(2)22-15(17-9)19-13(20-22)14(23)18-11-4-6-21-12(8-11)3-5-16-21/h3-8H,1-2H3,(H,18,23). The number of nitrogens with zero attached hydrogens (tertiary/aromatic N) is 6. The topological polar surface area (TPSA) is 89.5 Å². The molecule has 23 heavy (non-hydrogen) atoms. The third-order valence-corrected chi connectivity index (χ3v) is 3.48. The predicted molar refractivity (Wildman–Crippen MR) is 83.4 cm³/mol. The molecule has 4 aromatic heterocycles. The number of anilines is 1. The van der Waals surface area contributed by atoms with Crippen LogP contribution in [0.4, 0.5) is 5.69 Å². The molecule has 0 atom stereocenters. The second-order valence-corrected chi connectivity index (χ2v) is 5.26. The van der Waals surface area contributed by atoms with Crippen molar-refractivity contribution >= 4 is 22.9 Å². The average molecular weight is 307 g/mol. The number of carbonyl (C=O) groups is 1. The molecule has 0 aliphatic rings. The molecule has 0 unspecified atom stereocenters. The van der Waals surface area contributed by atoms with E-state index in [1.54, 1.807) is 27.5 Å². The summed E-state index contributed by atoms with van der Waals surface area (Å²) in [5.41, 5.74) is 3.25. The van der Waals surface area contributed by atoms with Crippen molar-refractivity contribution in [3.8, 4) is 0 Å². The van der Waals surface area contributed by atoms with Gasteiger partial charge >= 0.3 is 0 Å². The Morgan fingerprint density at radius 1 is 1.17 bits per heavy atom. The number of nitrogens with one attached hydrogen (secondary N) is 1. The maximum absolute atomic E-state index is 12.4. The van der Waals surface area contributed by atoms with Gasteiger partial charge in [-0.05, 0) is 38.1 Å². The minimum Gasteiger partial charge on any atom is -0.319 e. The molecule has 0 spiro atoms. The fourth-order valence-corrected chi connectivity index (χ4v) is 2.45. The number of pyridine rings is 1.